The Morgan fingerprint density at radius 1 is 1.19 bits per heavy atom. The molecule has 0 aromatic carbocycles. The highest BCUT2D eigenvalue weighted by molar-refractivity contribution is 5.73. The van der Waals surface area contributed by atoms with Crippen molar-refractivity contribution in [3.63, 3.8) is 0 Å². The van der Waals surface area contributed by atoms with Crippen molar-refractivity contribution in [2.45, 2.75) is 44.9 Å². The van der Waals surface area contributed by atoms with E-state index in [1.54, 1.807) is 0 Å². The van der Waals surface area contributed by atoms with Crippen molar-refractivity contribution in [1.29, 1.82) is 0 Å². The number of carboxylic acid groups (broad SMARTS) is 1. The van der Waals surface area contributed by atoms with Crippen LogP contribution in [0.5, 0.6) is 0 Å². The highest BCUT2D eigenvalue weighted by atomic mass is 19.4. The zero-order chi connectivity index (χ0) is 23.3. The minimum absolute atomic E-state index is 0.621. The first kappa shape index (κ1) is 23.9. The topological polar surface area (TPSA) is 82.5 Å². The Kier molecular flexibility index (Phi) is 7.65. The molecule has 1 aliphatic carbocycles. The van der Waals surface area contributed by atoms with Crippen molar-refractivity contribution < 1.29 is 23.1 Å². The maximum absolute atomic E-state index is 10.6. The second-order valence-electron chi connectivity index (χ2n) is 8.43. The minimum Gasteiger partial charge on any atom is -0.475 e. The smallest absolute Gasteiger partial charge is 0.475 e. The molecule has 4 rings (SSSR count). The average Bonchev–Trinajstić information content (AvgIpc) is 3.19. The summed E-state index contributed by atoms with van der Waals surface area (Å²) in [6.07, 6.45) is 4.60. The molecule has 0 amide bonds. The van der Waals surface area contributed by atoms with Crippen molar-refractivity contribution in [1.82, 2.24) is 19.9 Å². The second kappa shape index (κ2) is 10.2. The Hall–Kier alpha value is -2.75. The molecule has 7 nitrogen and oxygen atoms in total. The number of anilines is 1. The zero-order valence-electron chi connectivity index (χ0n) is 18.2. The molecule has 3 heterocycles. The standard InChI is InChI=1S/C20H27N5.C2HF3O2/c1-15-10-22-20(23-11-15)25-12-16-6-5-8-19(18(16)14-25)24(2)13-17-7-3-4-9-21-17;3-2(4,5)1(6)7/h3-4,7,9-11,16,18-19H,5-6,8,12-14H2,1-2H3;(H,6,7)/t16-,18+,19?;/m1./s1. The van der Waals surface area contributed by atoms with Crippen molar-refractivity contribution >= 4 is 11.9 Å². The number of fused-ring (bicyclic) bond motifs is 1. The lowest BCUT2D eigenvalue weighted by Crippen LogP contribution is -2.43. The fourth-order valence-corrected chi connectivity index (χ4v) is 4.57. The van der Waals surface area contributed by atoms with E-state index in [2.05, 4.69) is 43.9 Å². The lowest BCUT2D eigenvalue weighted by Gasteiger charge is -2.38. The molecule has 0 spiro atoms. The quantitative estimate of drug-likeness (QED) is 0.761. The van der Waals surface area contributed by atoms with E-state index in [0.29, 0.717) is 12.0 Å². The Morgan fingerprint density at radius 2 is 1.88 bits per heavy atom. The lowest BCUT2D eigenvalue weighted by molar-refractivity contribution is -0.192. The molecule has 0 bridgehead atoms. The molecule has 0 radical (unpaired) electrons. The van der Waals surface area contributed by atoms with Crippen LogP contribution in [-0.4, -0.2) is 63.3 Å². The number of nitrogens with zero attached hydrogens (tertiary/aromatic N) is 5. The second-order valence-corrected chi connectivity index (χ2v) is 8.43. The Balaban J connectivity index is 0.000000360. The van der Waals surface area contributed by atoms with E-state index in [1.807, 2.05) is 31.6 Å². The molecule has 3 atom stereocenters. The number of carboxylic acids is 1. The number of alkyl halides is 3. The van der Waals surface area contributed by atoms with E-state index >= 15 is 0 Å². The number of rotatable bonds is 4. The number of hydrogen-bond acceptors (Lipinski definition) is 6. The normalized spacial score (nSPS) is 22.8. The maximum Gasteiger partial charge on any atom is 0.490 e. The van der Waals surface area contributed by atoms with Gasteiger partial charge in [-0.05, 0) is 56.3 Å². The van der Waals surface area contributed by atoms with E-state index in [4.69, 9.17) is 9.90 Å². The summed E-state index contributed by atoms with van der Waals surface area (Å²) < 4.78 is 31.7. The molecular formula is C22H28F3N5O2. The number of carbonyl (C=O) groups is 1. The molecule has 1 saturated carbocycles. The van der Waals surface area contributed by atoms with Gasteiger partial charge in [-0.3, -0.25) is 9.88 Å². The van der Waals surface area contributed by atoms with Gasteiger partial charge >= 0.3 is 12.1 Å². The number of aryl methyl sites for hydroxylation is 1. The first-order valence-electron chi connectivity index (χ1n) is 10.6. The van der Waals surface area contributed by atoms with Crippen molar-refractivity contribution in [3.8, 4) is 0 Å². The molecule has 1 saturated heterocycles. The summed E-state index contributed by atoms with van der Waals surface area (Å²) >= 11 is 0. The Bertz CT molecular complexity index is 879. The van der Waals surface area contributed by atoms with Crippen LogP contribution >= 0.6 is 0 Å². The minimum atomic E-state index is -5.08. The Morgan fingerprint density at radius 3 is 2.47 bits per heavy atom. The molecule has 1 aliphatic heterocycles. The predicted octanol–water partition coefficient (Wildman–Crippen LogP) is 3.55. The third-order valence-electron chi connectivity index (χ3n) is 6.06. The van der Waals surface area contributed by atoms with E-state index in [0.717, 1.165) is 42.8 Å². The van der Waals surface area contributed by atoms with Gasteiger partial charge in [0.25, 0.3) is 0 Å². The summed E-state index contributed by atoms with van der Waals surface area (Å²) in [6.45, 7) is 5.14. The van der Waals surface area contributed by atoms with E-state index in [9.17, 15) is 13.2 Å². The monoisotopic (exact) mass is 451 g/mol. The molecule has 2 aromatic rings. The largest absolute Gasteiger partial charge is 0.490 e. The van der Waals surface area contributed by atoms with Crippen LogP contribution in [0.4, 0.5) is 19.1 Å². The fourth-order valence-electron chi connectivity index (χ4n) is 4.57. The first-order chi connectivity index (χ1) is 15.1. The van der Waals surface area contributed by atoms with Gasteiger partial charge in [0.05, 0.1) is 5.69 Å². The van der Waals surface area contributed by atoms with Gasteiger partial charge in [0.15, 0.2) is 0 Å². The van der Waals surface area contributed by atoms with Crippen LogP contribution in [0.3, 0.4) is 0 Å². The molecular weight excluding hydrogens is 423 g/mol. The van der Waals surface area contributed by atoms with Crippen molar-refractivity contribution in [2.75, 3.05) is 25.0 Å². The van der Waals surface area contributed by atoms with E-state index in [1.165, 1.54) is 19.3 Å². The maximum atomic E-state index is 10.6. The van der Waals surface area contributed by atoms with Gasteiger partial charge in [-0.1, -0.05) is 12.5 Å². The van der Waals surface area contributed by atoms with Crippen LogP contribution in [0.2, 0.25) is 0 Å². The highest BCUT2D eigenvalue weighted by Crippen LogP contribution is 2.39. The molecule has 1 N–H and O–H groups in total. The number of pyridine rings is 1. The molecule has 2 aliphatic rings. The summed E-state index contributed by atoms with van der Waals surface area (Å²) in [5.74, 6) is -0.402. The summed E-state index contributed by atoms with van der Waals surface area (Å²) in [6, 6.07) is 6.80. The fraction of sp³-hybridized carbons (Fsp3) is 0.545. The van der Waals surface area contributed by atoms with Crippen LogP contribution in [0, 0.1) is 18.8 Å². The molecule has 174 valence electrons. The van der Waals surface area contributed by atoms with Gasteiger partial charge < -0.3 is 10.0 Å². The van der Waals surface area contributed by atoms with Crippen LogP contribution in [0.1, 0.15) is 30.5 Å². The average molecular weight is 451 g/mol. The van der Waals surface area contributed by atoms with E-state index < -0.39 is 12.1 Å². The van der Waals surface area contributed by atoms with Crippen molar-refractivity contribution in [3.05, 3.63) is 48.0 Å². The van der Waals surface area contributed by atoms with Crippen LogP contribution in [-0.2, 0) is 11.3 Å². The lowest BCUT2D eigenvalue weighted by atomic mass is 9.77. The Labute approximate surface area is 185 Å². The van der Waals surface area contributed by atoms with Gasteiger partial charge in [0.1, 0.15) is 0 Å². The highest BCUT2D eigenvalue weighted by Gasteiger charge is 2.42. The third-order valence-corrected chi connectivity index (χ3v) is 6.06. The van der Waals surface area contributed by atoms with Crippen LogP contribution in [0.15, 0.2) is 36.8 Å². The number of aliphatic carboxylic acids is 1. The number of hydrogen-bond donors (Lipinski definition) is 1. The summed E-state index contributed by atoms with van der Waals surface area (Å²) in [4.78, 5) is 27.4. The SMILES string of the molecule is Cc1cnc(N2C[C@H]3CCCC(N(C)Cc4ccccn4)[C@H]3C2)nc1.O=C(O)C(F)(F)F. The third kappa shape index (κ3) is 6.15. The molecule has 2 fully saturated rings. The van der Waals surface area contributed by atoms with Gasteiger partial charge in [0, 0.05) is 44.3 Å². The van der Waals surface area contributed by atoms with Crippen molar-refractivity contribution in [2.24, 2.45) is 11.8 Å². The first-order valence-corrected chi connectivity index (χ1v) is 10.6. The summed E-state index contributed by atoms with van der Waals surface area (Å²) in [7, 11) is 2.26. The summed E-state index contributed by atoms with van der Waals surface area (Å²) in [5.41, 5.74) is 2.28. The van der Waals surface area contributed by atoms with Gasteiger partial charge in [0.2, 0.25) is 5.95 Å². The molecule has 2 aromatic heterocycles. The summed E-state index contributed by atoms with van der Waals surface area (Å²) in [5, 5.41) is 7.12. The number of halogens is 3. The van der Waals surface area contributed by atoms with Gasteiger partial charge in [-0.2, -0.15) is 13.2 Å². The predicted molar refractivity (Wildman–Crippen MR) is 113 cm³/mol. The van der Waals surface area contributed by atoms with Gasteiger partial charge in [-0.25, -0.2) is 14.8 Å². The van der Waals surface area contributed by atoms with Crippen LogP contribution in [0.25, 0.3) is 0 Å². The molecule has 10 heteroatoms. The molecule has 1 unspecified atom stereocenters. The van der Waals surface area contributed by atoms with Gasteiger partial charge in [-0.15, -0.1) is 0 Å². The van der Waals surface area contributed by atoms with Crippen LogP contribution < -0.4 is 4.90 Å². The zero-order valence-corrected chi connectivity index (χ0v) is 18.2. The number of aromatic nitrogens is 3. The molecule has 32 heavy (non-hydrogen) atoms. The van der Waals surface area contributed by atoms with E-state index in [-0.39, 0.29) is 0 Å².